The van der Waals surface area contributed by atoms with Gasteiger partial charge >= 0.3 is 0 Å². The first-order valence-electron chi connectivity index (χ1n) is 6.16. The van der Waals surface area contributed by atoms with E-state index in [1.165, 1.54) is 6.07 Å². The fourth-order valence-corrected chi connectivity index (χ4v) is 2.11. The maximum atomic E-state index is 14.0. The van der Waals surface area contributed by atoms with E-state index in [1.807, 2.05) is 19.2 Å². The predicted octanol–water partition coefficient (Wildman–Crippen LogP) is 2.91. The van der Waals surface area contributed by atoms with E-state index in [-0.39, 0.29) is 5.82 Å². The van der Waals surface area contributed by atoms with Crippen LogP contribution in [-0.2, 0) is 6.54 Å². The first-order valence-corrected chi connectivity index (χ1v) is 6.16. The van der Waals surface area contributed by atoms with Crippen LogP contribution in [0.25, 0.3) is 0 Å². The molecule has 1 aromatic heterocycles. The van der Waals surface area contributed by atoms with Gasteiger partial charge in [0.15, 0.2) is 0 Å². The molecule has 2 rings (SSSR count). The lowest BCUT2D eigenvalue weighted by Gasteiger charge is -2.24. The summed E-state index contributed by atoms with van der Waals surface area (Å²) < 4.78 is 14.0. The average Bonchev–Trinajstić information content (AvgIpc) is 2.39. The Kier molecular flexibility index (Phi) is 4.12. The van der Waals surface area contributed by atoms with E-state index >= 15 is 0 Å². The number of aliphatic hydroxyl groups is 1. The lowest BCUT2D eigenvalue weighted by Crippen LogP contribution is -2.20. The minimum Gasteiger partial charge on any atom is -0.389 e. The minimum atomic E-state index is -0.703. The lowest BCUT2D eigenvalue weighted by molar-refractivity contribution is 0.199. The van der Waals surface area contributed by atoms with Crippen LogP contribution in [-0.4, -0.2) is 17.1 Å². The molecule has 1 aromatic carbocycles. The third kappa shape index (κ3) is 3.09. The van der Waals surface area contributed by atoms with E-state index in [0.29, 0.717) is 17.8 Å². The van der Waals surface area contributed by atoms with Crippen LogP contribution in [0.1, 0.15) is 24.2 Å². The summed E-state index contributed by atoms with van der Waals surface area (Å²) in [5.74, 6) is -0.324. The van der Waals surface area contributed by atoms with Crippen LogP contribution in [0.2, 0.25) is 0 Å². The number of anilines is 1. The second kappa shape index (κ2) is 5.80. The van der Waals surface area contributed by atoms with Gasteiger partial charge in [-0.05, 0) is 30.7 Å². The maximum absolute atomic E-state index is 14.0. The van der Waals surface area contributed by atoms with E-state index in [4.69, 9.17) is 0 Å². The molecular formula is C15H17FN2O. The fourth-order valence-electron chi connectivity index (χ4n) is 2.11. The minimum absolute atomic E-state index is 0.324. The zero-order chi connectivity index (χ0) is 13.8. The number of aromatic nitrogens is 1. The summed E-state index contributed by atoms with van der Waals surface area (Å²) in [6, 6.07) is 8.54. The molecule has 19 heavy (non-hydrogen) atoms. The van der Waals surface area contributed by atoms with Crippen molar-refractivity contribution in [1.29, 1.82) is 0 Å². The molecule has 0 saturated carbocycles. The number of benzene rings is 1. The van der Waals surface area contributed by atoms with Gasteiger partial charge in [0.1, 0.15) is 5.82 Å². The van der Waals surface area contributed by atoms with Crippen LogP contribution >= 0.6 is 0 Å². The van der Waals surface area contributed by atoms with Crippen LogP contribution in [0.4, 0.5) is 10.1 Å². The number of para-hydroxylation sites is 1. The summed E-state index contributed by atoms with van der Waals surface area (Å²) in [5, 5.41) is 9.74. The number of hydrogen-bond acceptors (Lipinski definition) is 3. The normalized spacial score (nSPS) is 12.2. The zero-order valence-corrected chi connectivity index (χ0v) is 11.0. The quantitative estimate of drug-likeness (QED) is 0.918. The number of rotatable bonds is 4. The molecule has 1 heterocycles. The molecule has 1 atom stereocenters. The Hall–Kier alpha value is -1.94. The second-order valence-electron chi connectivity index (χ2n) is 4.57. The van der Waals surface area contributed by atoms with Crippen LogP contribution in [0.5, 0.6) is 0 Å². The summed E-state index contributed by atoms with van der Waals surface area (Å²) in [6.45, 7) is 2.20. The Bertz CT molecular complexity index is 543. The molecule has 0 bridgehead atoms. The van der Waals surface area contributed by atoms with Gasteiger partial charge in [0.25, 0.3) is 0 Å². The molecule has 1 N–H and O–H groups in total. The number of halogens is 1. The highest BCUT2D eigenvalue weighted by molar-refractivity contribution is 5.55. The van der Waals surface area contributed by atoms with Crippen molar-refractivity contribution in [3.8, 4) is 0 Å². The maximum Gasteiger partial charge on any atom is 0.146 e. The molecule has 0 aliphatic heterocycles. The van der Waals surface area contributed by atoms with Crippen molar-refractivity contribution in [2.45, 2.75) is 19.6 Å². The van der Waals surface area contributed by atoms with E-state index < -0.39 is 6.10 Å². The average molecular weight is 260 g/mol. The van der Waals surface area contributed by atoms with Crippen molar-refractivity contribution in [3.05, 3.63) is 59.7 Å². The largest absolute Gasteiger partial charge is 0.389 e. The van der Waals surface area contributed by atoms with Gasteiger partial charge in [0.2, 0.25) is 0 Å². The molecule has 0 aliphatic rings. The Labute approximate surface area is 112 Å². The zero-order valence-electron chi connectivity index (χ0n) is 11.0. The smallest absolute Gasteiger partial charge is 0.146 e. The molecule has 0 amide bonds. The number of aliphatic hydroxyl groups excluding tert-OH is 1. The molecule has 0 aliphatic carbocycles. The van der Waals surface area contributed by atoms with E-state index in [0.717, 1.165) is 5.56 Å². The highest BCUT2D eigenvalue weighted by atomic mass is 19.1. The molecule has 0 radical (unpaired) electrons. The third-order valence-electron chi connectivity index (χ3n) is 3.02. The van der Waals surface area contributed by atoms with Crippen LogP contribution in [0, 0.1) is 5.82 Å². The van der Waals surface area contributed by atoms with Gasteiger partial charge in [-0.3, -0.25) is 4.98 Å². The molecule has 100 valence electrons. The predicted molar refractivity (Wildman–Crippen MR) is 73.4 cm³/mol. The topological polar surface area (TPSA) is 36.4 Å². The number of nitrogens with zero attached hydrogens (tertiary/aromatic N) is 2. The second-order valence-corrected chi connectivity index (χ2v) is 4.57. The van der Waals surface area contributed by atoms with Crippen molar-refractivity contribution in [3.63, 3.8) is 0 Å². The Morgan fingerprint density at radius 1 is 1.26 bits per heavy atom. The Balaban J connectivity index is 2.31. The standard InChI is InChI=1S/C15H17FN2O/c1-11(19)13-4-3-5-14(16)15(13)18(2)10-12-6-8-17-9-7-12/h3-9,11,19H,10H2,1-2H3. The molecule has 0 fully saturated rings. The summed E-state index contributed by atoms with van der Waals surface area (Å²) >= 11 is 0. The Morgan fingerprint density at radius 2 is 1.95 bits per heavy atom. The van der Waals surface area contributed by atoms with Crippen molar-refractivity contribution >= 4 is 5.69 Å². The van der Waals surface area contributed by atoms with Crippen LogP contribution in [0.15, 0.2) is 42.7 Å². The summed E-state index contributed by atoms with van der Waals surface area (Å²) in [5.41, 5.74) is 2.07. The van der Waals surface area contributed by atoms with E-state index in [1.54, 1.807) is 36.4 Å². The summed E-state index contributed by atoms with van der Waals surface area (Å²) in [4.78, 5) is 5.75. The number of hydrogen-bond donors (Lipinski definition) is 1. The number of pyridine rings is 1. The van der Waals surface area contributed by atoms with Crippen molar-refractivity contribution in [2.75, 3.05) is 11.9 Å². The van der Waals surface area contributed by atoms with Crippen LogP contribution in [0.3, 0.4) is 0 Å². The summed E-state index contributed by atoms with van der Waals surface area (Å²) in [7, 11) is 1.81. The van der Waals surface area contributed by atoms with E-state index in [2.05, 4.69) is 4.98 Å². The monoisotopic (exact) mass is 260 g/mol. The first-order chi connectivity index (χ1) is 9.09. The molecule has 0 spiro atoms. The molecule has 3 nitrogen and oxygen atoms in total. The summed E-state index contributed by atoms with van der Waals surface area (Å²) in [6.07, 6.45) is 2.71. The van der Waals surface area contributed by atoms with Gasteiger partial charge in [-0.2, -0.15) is 0 Å². The first kappa shape index (κ1) is 13.5. The van der Waals surface area contributed by atoms with Gasteiger partial charge in [0.05, 0.1) is 11.8 Å². The molecule has 1 unspecified atom stereocenters. The Morgan fingerprint density at radius 3 is 2.58 bits per heavy atom. The highest BCUT2D eigenvalue weighted by Gasteiger charge is 2.16. The van der Waals surface area contributed by atoms with E-state index in [9.17, 15) is 9.50 Å². The highest BCUT2D eigenvalue weighted by Crippen LogP contribution is 2.29. The van der Waals surface area contributed by atoms with Crippen LogP contribution < -0.4 is 4.90 Å². The van der Waals surface area contributed by atoms with Gasteiger partial charge in [0, 0.05) is 31.5 Å². The lowest BCUT2D eigenvalue weighted by atomic mass is 10.1. The van der Waals surface area contributed by atoms with Crippen molar-refractivity contribution in [1.82, 2.24) is 4.98 Å². The van der Waals surface area contributed by atoms with Gasteiger partial charge in [-0.25, -0.2) is 4.39 Å². The molecule has 2 aromatic rings. The molecular weight excluding hydrogens is 243 g/mol. The molecule has 4 heteroatoms. The van der Waals surface area contributed by atoms with Crippen molar-refractivity contribution in [2.24, 2.45) is 0 Å². The SMILES string of the molecule is CC(O)c1cccc(F)c1N(C)Cc1ccncc1. The fraction of sp³-hybridized carbons (Fsp3) is 0.267. The van der Waals surface area contributed by atoms with Gasteiger partial charge in [-0.1, -0.05) is 12.1 Å². The van der Waals surface area contributed by atoms with Gasteiger partial charge in [-0.15, -0.1) is 0 Å². The van der Waals surface area contributed by atoms with Gasteiger partial charge < -0.3 is 10.0 Å². The van der Waals surface area contributed by atoms with Crippen molar-refractivity contribution < 1.29 is 9.50 Å². The molecule has 0 saturated heterocycles. The third-order valence-corrected chi connectivity index (χ3v) is 3.02.